The standard InChI is InChI=1S/C39H65N5O9S/c1-4-5-12-35-42-37-38(33-10-6-7-11-34(33)41-39(37)40)44(35)15-9-8-14-43(2)16-18-47-20-22-49-24-26-51-28-30-53-32-31-52-29-27-50-25-23-48-21-19-46-17-13-36(45)54-3/h6-7,10-11H,4-5,8-9,12-32H2,1-3H3,(H2,40,41). The number of nitrogen functional groups attached to an aromatic ring is 1. The van der Waals surface area contributed by atoms with E-state index in [0.717, 1.165) is 79.5 Å². The summed E-state index contributed by atoms with van der Waals surface area (Å²) in [4.78, 5) is 23.0. The zero-order chi connectivity index (χ0) is 38.5. The van der Waals surface area contributed by atoms with Gasteiger partial charge in [0.05, 0.1) is 117 Å². The molecule has 0 fully saturated rings. The van der Waals surface area contributed by atoms with Crippen LogP contribution in [0.4, 0.5) is 5.82 Å². The highest BCUT2D eigenvalue weighted by Gasteiger charge is 2.17. The minimum Gasteiger partial charge on any atom is -0.382 e. The first kappa shape index (κ1) is 45.9. The number of nitrogens with two attached hydrogens (primary N) is 1. The van der Waals surface area contributed by atoms with Crippen LogP contribution < -0.4 is 5.73 Å². The first-order valence-electron chi connectivity index (χ1n) is 19.5. The lowest BCUT2D eigenvalue weighted by Crippen LogP contribution is -2.25. The van der Waals surface area contributed by atoms with Gasteiger partial charge in [-0.1, -0.05) is 43.3 Å². The van der Waals surface area contributed by atoms with E-state index in [9.17, 15) is 4.79 Å². The third-order valence-corrected chi connectivity index (χ3v) is 9.17. The van der Waals surface area contributed by atoms with Crippen molar-refractivity contribution in [1.29, 1.82) is 0 Å². The molecular formula is C39H65N5O9S. The number of anilines is 1. The molecule has 54 heavy (non-hydrogen) atoms. The van der Waals surface area contributed by atoms with E-state index in [4.69, 9.17) is 48.6 Å². The summed E-state index contributed by atoms with van der Waals surface area (Å²) < 4.78 is 46.6. The molecular weight excluding hydrogens is 715 g/mol. The summed E-state index contributed by atoms with van der Waals surface area (Å²) in [5, 5.41) is 1.25. The van der Waals surface area contributed by atoms with Gasteiger partial charge in [-0.3, -0.25) is 4.79 Å². The van der Waals surface area contributed by atoms with Crippen LogP contribution in [0, 0.1) is 0 Å². The number of rotatable bonds is 35. The predicted octanol–water partition coefficient (Wildman–Crippen LogP) is 4.63. The van der Waals surface area contributed by atoms with E-state index in [1.165, 1.54) is 11.8 Å². The van der Waals surface area contributed by atoms with E-state index in [0.29, 0.717) is 118 Å². The minimum atomic E-state index is 0.133. The summed E-state index contributed by atoms with van der Waals surface area (Å²) in [5.74, 6) is 1.61. The number of para-hydroxylation sites is 1. The van der Waals surface area contributed by atoms with Crippen LogP contribution >= 0.6 is 11.8 Å². The summed E-state index contributed by atoms with van der Waals surface area (Å²) in [7, 11) is 2.14. The Bertz CT molecular complexity index is 1420. The lowest BCUT2D eigenvalue weighted by atomic mass is 10.1. The van der Waals surface area contributed by atoms with Crippen LogP contribution in [0.25, 0.3) is 21.9 Å². The van der Waals surface area contributed by atoms with Crippen molar-refractivity contribution in [3.05, 3.63) is 30.1 Å². The van der Waals surface area contributed by atoms with Gasteiger partial charge in [0.15, 0.2) is 10.9 Å². The third-order valence-electron chi connectivity index (χ3n) is 8.51. The molecule has 14 nitrogen and oxygen atoms in total. The van der Waals surface area contributed by atoms with E-state index in [1.807, 2.05) is 12.1 Å². The summed E-state index contributed by atoms with van der Waals surface area (Å²) in [5.41, 5.74) is 9.20. The molecule has 0 bridgehead atoms. The van der Waals surface area contributed by atoms with Crippen LogP contribution in [-0.4, -0.2) is 157 Å². The molecule has 0 saturated heterocycles. The van der Waals surface area contributed by atoms with Gasteiger partial charge in [-0.05, 0) is 45.2 Å². The molecule has 0 radical (unpaired) electrons. The van der Waals surface area contributed by atoms with Crippen LogP contribution in [-0.2, 0) is 55.7 Å². The normalized spacial score (nSPS) is 11.9. The van der Waals surface area contributed by atoms with Crippen LogP contribution in [0.15, 0.2) is 24.3 Å². The molecule has 306 valence electrons. The second-order valence-electron chi connectivity index (χ2n) is 12.7. The summed E-state index contributed by atoms with van der Waals surface area (Å²) in [6.07, 6.45) is 7.51. The fourth-order valence-corrected chi connectivity index (χ4v) is 5.84. The monoisotopic (exact) mass is 779 g/mol. The van der Waals surface area contributed by atoms with Crippen LogP contribution in [0.3, 0.4) is 0 Å². The largest absolute Gasteiger partial charge is 0.382 e. The van der Waals surface area contributed by atoms with Gasteiger partial charge in [-0.15, -0.1) is 0 Å². The Balaban J connectivity index is 1.07. The van der Waals surface area contributed by atoms with E-state index < -0.39 is 0 Å². The van der Waals surface area contributed by atoms with Crippen molar-refractivity contribution < 1.29 is 42.7 Å². The number of carbonyl (C=O) groups excluding carboxylic acids is 1. The van der Waals surface area contributed by atoms with E-state index >= 15 is 0 Å². The number of hydrogen-bond donors (Lipinski definition) is 1. The number of pyridine rings is 1. The fourth-order valence-electron chi connectivity index (χ4n) is 5.55. The zero-order valence-electron chi connectivity index (χ0n) is 32.9. The number of benzene rings is 1. The number of thioether (sulfide) groups is 1. The van der Waals surface area contributed by atoms with Gasteiger partial charge in [0.25, 0.3) is 0 Å². The Morgan fingerprint density at radius 3 is 1.76 bits per heavy atom. The molecule has 2 heterocycles. The highest BCUT2D eigenvalue weighted by molar-refractivity contribution is 8.13. The Morgan fingerprint density at radius 1 is 0.704 bits per heavy atom. The maximum absolute atomic E-state index is 11.1. The molecule has 0 atom stereocenters. The van der Waals surface area contributed by atoms with Crippen molar-refractivity contribution in [3.8, 4) is 0 Å². The minimum absolute atomic E-state index is 0.133. The molecule has 1 aromatic carbocycles. The number of likely N-dealkylation sites (N-methyl/N-ethyl adjacent to an activating group) is 1. The molecule has 0 spiro atoms. The molecule has 2 aromatic heterocycles. The highest BCUT2D eigenvalue weighted by Crippen LogP contribution is 2.29. The third kappa shape index (κ3) is 18.9. The molecule has 0 saturated carbocycles. The maximum Gasteiger partial charge on any atom is 0.190 e. The summed E-state index contributed by atoms with van der Waals surface area (Å²) in [6.45, 7) is 13.3. The fraction of sp³-hybridized carbons (Fsp3) is 0.718. The van der Waals surface area contributed by atoms with Gasteiger partial charge in [0, 0.05) is 31.3 Å². The van der Waals surface area contributed by atoms with Gasteiger partial charge < -0.3 is 53.1 Å². The molecule has 2 N–H and O–H groups in total. The lowest BCUT2D eigenvalue weighted by molar-refractivity contribution is -0.112. The van der Waals surface area contributed by atoms with Gasteiger partial charge >= 0.3 is 0 Å². The maximum atomic E-state index is 11.1. The molecule has 3 aromatic rings. The zero-order valence-corrected chi connectivity index (χ0v) is 33.8. The van der Waals surface area contributed by atoms with Crippen molar-refractivity contribution in [1.82, 2.24) is 19.4 Å². The van der Waals surface area contributed by atoms with Crippen LogP contribution in [0.1, 0.15) is 44.9 Å². The Kier molecular flexibility index (Phi) is 25.4. The smallest absolute Gasteiger partial charge is 0.190 e. The molecule has 0 aliphatic heterocycles. The van der Waals surface area contributed by atoms with Crippen molar-refractivity contribution in [3.63, 3.8) is 0 Å². The molecule has 0 aliphatic rings. The average Bonchev–Trinajstić information content (AvgIpc) is 3.55. The predicted molar refractivity (Wildman–Crippen MR) is 214 cm³/mol. The summed E-state index contributed by atoms with van der Waals surface area (Å²) >= 11 is 1.22. The van der Waals surface area contributed by atoms with E-state index in [1.54, 1.807) is 6.26 Å². The topological polar surface area (TPSA) is 151 Å². The molecule has 3 rings (SSSR count). The van der Waals surface area contributed by atoms with Crippen molar-refractivity contribution in [2.75, 3.05) is 138 Å². The number of aromatic nitrogens is 3. The highest BCUT2D eigenvalue weighted by atomic mass is 32.2. The Hall–Kier alpha value is -2.44. The van der Waals surface area contributed by atoms with Crippen molar-refractivity contribution >= 4 is 44.6 Å². The number of nitrogens with zero attached hydrogens (tertiary/aromatic N) is 4. The van der Waals surface area contributed by atoms with E-state index in [-0.39, 0.29) is 5.12 Å². The van der Waals surface area contributed by atoms with Crippen molar-refractivity contribution in [2.24, 2.45) is 0 Å². The molecule has 0 unspecified atom stereocenters. The van der Waals surface area contributed by atoms with Gasteiger partial charge in [-0.2, -0.15) is 0 Å². The van der Waals surface area contributed by atoms with Crippen molar-refractivity contribution in [2.45, 2.75) is 52.0 Å². The number of ether oxygens (including phenoxy) is 8. The molecule has 15 heteroatoms. The number of fused-ring (bicyclic) bond motifs is 3. The number of imidazole rings is 1. The average molecular weight is 780 g/mol. The molecule has 0 aliphatic carbocycles. The SMILES string of the molecule is CCCCc1nc2c(N)nc3ccccc3c2n1CCCCN(C)CCOCCOCCOCCOCCOCCOCCOCCOCCC(=O)SC. The van der Waals surface area contributed by atoms with E-state index in [2.05, 4.69) is 40.6 Å². The number of hydrogen-bond acceptors (Lipinski definition) is 14. The van der Waals surface area contributed by atoms with Crippen LogP contribution in [0.5, 0.6) is 0 Å². The summed E-state index contributed by atoms with van der Waals surface area (Å²) in [6, 6.07) is 8.20. The first-order valence-corrected chi connectivity index (χ1v) is 20.7. The van der Waals surface area contributed by atoms with Gasteiger partial charge in [-0.25, -0.2) is 9.97 Å². The lowest BCUT2D eigenvalue weighted by Gasteiger charge is -2.17. The Labute approximate surface area is 326 Å². The molecule has 0 amide bonds. The van der Waals surface area contributed by atoms with Gasteiger partial charge in [0.1, 0.15) is 11.3 Å². The second-order valence-corrected chi connectivity index (χ2v) is 13.6. The van der Waals surface area contributed by atoms with Gasteiger partial charge in [0.2, 0.25) is 0 Å². The number of unbranched alkanes of at least 4 members (excludes halogenated alkanes) is 2. The first-order chi connectivity index (χ1) is 26.5. The second kappa shape index (κ2) is 29.8. The van der Waals surface area contributed by atoms with Crippen LogP contribution in [0.2, 0.25) is 0 Å². The Morgan fingerprint density at radius 2 is 1.22 bits per heavy atom. The number of carbonyl (C=O) groups is 1. The quantitative estimate of drug-likeness (QED) is 0.0827. The number of aryl methyl sites for hydroxylation is 2.